The van der Waals surface area contributed by atoms with Crippen molar-refractivity contribution in [1.82, 2.24) is 0 Å². The van der Waals surface area contributed by atoms with Crippen LogP contribution in [0.2, 0.25) is 0 Å². The van der Waals surface area contributed by atoms with Gasteiger partial charge < -0.3 is 0 Å². The van der Waals surface area contributed by atoms with E-state index in [0.29, 0.717) is 0 Å². The smallest absolute Gasteiger partial charge is 0.112 e. The topological polar surface area (TPSA) is 24.7 Å². The van der Waals surface area contributed by atoms with Crippen molar-refractivity contribution in [3.8, 4) is 11.1 Å². The minimum atomic E-state index is -0.247. The lowest BCUT2D eigenvalue weighted by Gasteiger charge is -2.06. The molecule has 2 aliphatic rings. The molecule has 2 aromatic carbocycles. The van der Waals surface area contributed by atoms with Gasteiger partial charge in [-0.2, -0.15) is 0 Å². The Morgan fingerprint density at radius 2 is 0.929 bits per heavy atom. The summed E-state index contributed by atoms with van der Waals surface area (Å²) in [6.07, 6.45) is 0. The fraction of sp³-hybridized carbons (Fsp3) is 0.222. The number of aliphatic imine (C=N–C) groups is 2. The average Bonchev–Trinajstić information content (AvgIpc) is 3.20. The number of hydrogen-bond acceptors (Lipinski definition) is 6. The van der Waals surface area contributed by atoms with Crippen LogP contribution in [0.5, 0.6) is 0 Å². The Hall–Kier alpha value is 0.340. The zero-order valence-electron chi connectivity index (χ0n) is 14.0. The van der Waals surface area contributed by atoms with Gasteiger partial charge in [-0.15, -0.1) is 46.4 Å². The molecular weight excluding hydrogens is 514 g/mol. The van der Waals surface area contributed by atoms with Crippen LogP contribution >= 0.6 is 89.6 Å². The van der Waals surface area contributed by atoms with E-state index in [9.17, 15) is 0 Å². The first-order valence-electron chi connectivity index (χ1n) is 8.12. The molecule has 2 fully saturated rings. The Kier molecular flexibility index (Phi) is 7.43. The summed E-state index contributed by atoms with van der Waals surface area (Å²) in [5.41, 5.74) is 3.95. The second-order valence-electron chi connectivity index (χ2n) is 5.86. The van der Waals surface area contributed by atoms with Gasteiger partial charge in [0, 0.05) is 0 Å². The van der Waals surface area contributed by atoms with Gasteiger partial charge in [-0.05, 0) is 57.0 Å². The van der Waals surface area contributed by atoms with E-state index in [1.165, 1.54) is 43.2 Å². The minimum Gasteiger partial charge on any atom is -0.244 e. The van der Waals surface area contributed by atoms with Crippen molar-refractivity contribution >= 4 is 111 Å². The van der Waals surface area contributed by atoms with E-state index in [1.807, 2.05) is 48.5 Å². The fourth-order valence-electron chi connectivity index (χ4n) is 2.48. The number of halogens is 4. The Morgan fingerprint density at radius 3 is 1.21 bits per heavy atom. The predicted molar refractivity (Wildman–Crippen MR) is 135 cm³/mol. The van der Waals surface area contributed by atoms with Crippen molar-refractivity contribution in [2.24, 2.45) is 9.98 Å². The number of hydrogen-bond donors (Lipinski definition) is 0. The Balaban J connectivity index is 1.48. The predicted octanol–water partition coefficient (Wildman–Crippen LogP) is 8.55. The summed E-state index contributed by atoms with van der Waals surface area (Å²) in [7, 11) is 6.15. The van der Waals surface area contributed by atoms with Crippen LogP contribution in [0.25, 0.3) is 11.1 Å². The molecule has 10 heteroatoms. The maximum Gasteiger partial charge on any atom is 0.112 e. The van der Waals surface area contributed by atoms with Gasteiger partial charge in [-0.25, -0.2) is 9.98 Å². The number of rotatable bonds is 3. The molecule has 0 aromatic heterocycles. The molecule has 2 saturated heterocycles. The lowest BCUT2D eigenvalue weighted by atomic mass is 10.1. The summed E-state index contributed by atoms with van der Waals surface area (Å²) >= 11 is 24.8. The summed E-state index contributed by atoms with van der Waals surface area (Å²) in [4.78, 5) is 9.21. The molecule has 2 heterocycles. The number of nitrogens with zero attached hydrogens (tertiary/aromatic N) is 2. The maximum atomic E-state index is 6.26. The van der Waals surface area contributed by atoms with Crippen LogP contribution in [0.3, 0.4) is 0 Å². The first kappa shape index (κ1) is 21.6. The van der Waals surface area contributed by atoms with Gasteiger partial charge in [-0.3, -0.25) is 0 Å². The third kappa shape index (κ3) is 4.97. The lowest BCUT2D eigenvalue weighted by Crippen LogP contribution is -2.11. The molecule has 0 spiro atoms. The van der Waals surface area contributed by atoms with E-state index in [2.05, 4.69) is 9.98 Å². The molecule has 2 aromatic rings. The summed E-state index contributed by atoms with van der Waals surface area (Å²) < 4.78 is -0.283. The molecule has 2 nitrogen and oxygen atoms in total. The zero-order valence-corrected chi connectivity index (χ0v) is 20.3. The van der Waals surface area contributed by atoms with Gasteiger partial charge in [0.05, 0.1) is 11.4 Å². The third-order valence-corrected chi connectivity index (χ3v) is 12.3. The second kappa shape index (κ2) is 9.65. The fourth-order valence-corrected chi connectivity index (χ4v) is 9.28. The van der Waals surface area contributed by atoms with Crippen molar-refractivity contribution in [2.45, 2.75) is 20.2 Å². The average molecular weight is 526 g/mol. The molecular formula is C18H12Cl4N2S4. The quantitative estimate of drug-likeness (QED) is 0.296. The van der Waals surface area contributed by atoms with Gasteiger partial charge in [0.25, 0.3) is 0 Å². The van der Waals surface area contributed by atoms with Crippen LogP contribution < -0.4 is 0 Å². The normalized spacial score (nSPS) is 30.4. The zero-order chi connectivity index (χ0) is 19.7. The highest BCUT2D eigenvalue weighted by Crippen LogP contribution is 2.46. The maximum absolute atomic E-state index is 6.26. The Morgan fingerprint density at radius 1 is 0.571 bits per heavy atom. The SMILES string of the molecule is ClC1SSC(=Nc2ccc(-c3ccc(N=C4SSC(Cl)C4Cl)cc3)cc2)C1Cl. The molecule has 4 unspecified atom stereocenters. The summed E-state index contributed by atoms with van der Waals surface area (Å²) in [5.74, 6) is 0. The molecule has 28 heavy (non-hydrogen) atoms. The molecule has 0 bridgehead atoms. The third-order valence-electron chi connectivity index (χ3n) is 3.93. The van der Waals surface area contributed by atoms with Crippen LogP contribution in [0, 0.1) is 0 Å². The molecule has 4 rings (SSSR count). The monoisotopic (exact) mass is 524 g/mol. The summed E-state index contributed by atoms with van der Waals surface area (Å²) in [5, 5.41) is 1.21. The molecule has 0 aliphatic carbocycles. The van der Waals surface area contributed by atoms with Gasteiger partial charge in [0.1, 0.15) is 30.3 Å². The van der Waals surface area contributed by atoms with E-state index in [-0.39, 0.29) is 20.2 Å². The molecule has 0 radical (unpaired) electrons. The highest BCUT2D eigenvalue weighted by molar-refractivity contribution is 8.84. The molecule has 0 amide bonds. The molecule has 0 N–H and O–H groups in total. The van der Waals surface area contributed by atoms with Crippen LogP contribution in [-0.4, -0.2) is 30.3 Å². The molecule has 4 atom stereocenters. The lowest BCUT2D eigenvalue weighted by molar-refractivity contribution is 1.26. The highest BCUT2D eigenvalue weighted by Gasteiger charge is 2.32. The molecule has 2 aliphatic heterocycles. The Labute approximate surface area is 199 Å². The standard InChI is InChI=1S/C18H12Cl4N2S4/c19-13-15(21)25-27-17(13)23-11-5-1-9(2-6-11)10-3-7-12(8-4-10)24-18-14(20)16(22)26-28-18/h1-8,13-16H. The van der Waals surface area contributed by atoms with Crippen molar-refractivity contribution < 1.29 is 0 Å². The number of benzene rings is 2. The van der Waals surface area contributed by atoms with E-state index in [4.69, 9.17) is 46.4 Å². The van der Waals surface area contributed by atoms with Gasteiger partial charge >= 0.3 is 0 Å². The first-order chi connectivity index (χ1) is 13.5. The van der Waals surface area contributed by atoms with Crippen molar-refractivity contribution in [3.63, 3.8) is 0 Å². The van der Waals surface area contributed by atoms with Crippen LogP contribution in [0.1, 0.15) is 0 Å². The van der Waals surface area contributed by atoms with Crippen molar-refractivity contribution in [3.05, 3.63) is 48.5 Å². The summed E-state index contributed by atoms with van der Waals surface area (Å²) in [6, 6.07) is 16.1. The van der Waals surface area contributed by atoms with E-state index < -0.39 is 0 Å². The van der Waals surface area contributed by atoms with E-state index in [0.717, 1.165) is 32.6 Å². The van der Waals surface area contributed by atoms with Gasteiger partial charge in [-0.1, -0.05) is 45.9 Å². The van der Waals surface area contributed by atoms with Crippen LogP contribution in [0.15, 0.2) is 58.5 Å². The van der Waals surface area contributed by atoms with Crippen LogP contribution in [0.4, 0.5) is 11.4 Å². The van der Waals surface area contributed by atoms with Crippen LogP contribution in [-0.2, 0) is 0 Å². The van der Waals surface area contributed by atoms with Gasteiger partial charge in [0.2, 0.25) is 0 Å². The van der Waals surface area contributed by atoms with Crippen molar-refractivity contribution in [1.29, 1.82) is 0 Å². The first-order valence-corrected chi connectivity index (χ1v) is 14.3. The minimum absolute atomic E-state index is 0.141. The molecule has 0 saturated carbocycles. The van der Waals surface area contributed by atoms with Gasteiger partial charge in [0.15, 0.2) is 0 Å². The highest BCUT2D eigenvalue weighted by atomic mass is 35.5. The van der Waals surface area contributed by atoms with E-state index in [1.54, 1.807) is 0 Å². The Bertz CT molecular complexity index is 829. The molecule has 146 valence electrons. The summed E-state index contributed by atoms with van der Waals surface area (Å²) in [6.45, 7) is 0. The second-order valence-corrected chi connectivity index (χ2v) is 13.0. The van der Waals surface area contributed by atoms with E-state index >= 15 is 0 Å². The largest absolute Gasteiger partial charge is 0.244 e. The number of alkyl halides is 4. The van der Waals surface area contributed by atoms with Crippen molar-refractivity contribution in [2.75, 3.05) is 0 Å².